The molecule has 9 nitrogen and oxygen atoms in total. The van der Waals surface area contributed by atoms with E-state index in [0.717, 1.165) is 92.5 Å². The summed E-state index contributed by atoms with van der Waals surface area (Å²) in [7, 11) is 2.16. The number of nitrogens with zero attached hydrogens (tertiary/aromatic N) is 4. The number of unbranched alkanes of at least 4 members (excludes halogenated alkanes) is 1. The van der Waals surface area contributed by atoms with Crippen LogP contribution in [-0.2, 0) is 6.42 Å². The fourth-order valence-electron chi connectivity index (χ4n) is 5.79. The molecule has 48 heavy (non-hydrogen) atoms. The summed E-state index contributed by atoms with van der Waals surface area (Å²) in [6.45, 7) is 4.28. The smallest absolute Gasteiger partial charge is 0.234 e. The monoisotopic (exact) mass is 762 g/mol. The third kappa shape index (κ3) is 10.9. The molecule has 0 atom stereocenters. The summed E-state index contributed by atoms with van der Waals surface area (Å²) in [6, 6.07) is 12.9. The van der Waals surface area contributed by atoms with Gasteiger partial charge in [0.15, 0.2) is 0 Å². The first-order valence-corrected chi connectivity index (χ1v) is 17.1. The van der Waals surface area contributed by atoms with E-state index in [1.807, 2.05) is 0 Å². The third-order valence-electron chi connectivity index (χ3n) is 8.48. The first kappa shape index (κ1) is 39.3. The van der Waals surface area contributed by atoms with E-state index in [0.29, 0.717) is 21.8 Å². The number of aromatic hydroxyl groups is 1. The van der Waals surface area contributed by atoms with E-state index in [1.165, 1.54) is 25.3 Å². The topological polar surface area (TPSA) is 111 Å². The minimum absolute atomic E-state index is 0. The fourth-order valence-corrected chi connectivity index (χ4v) is 6.19. The molecule has 260 valence electrons. The quantitative estimate of drug-likeness (QED) is 0.158. The van der Waals surface area contributed by atoms with Gasteiger partial charge in [0, 0.05) is 30.3 Å². The van der Waals surface area contributed by atoms with Crippen LogP contribution in [0.15, 0.2) is 63.8 Å². The number of hydrogen-bond donors (Lipinski definition) is 1. The van der Waals surface area contributed by atoms with Crippen LogP contribution in [0.25, 0.3) is 22.6 Å². The zero-order valence-electron chi connectivity index (χ0n) is 27.5. The van der Waals surface area contributed by atoms with Gasteiger partial charge in [0.2, 0.25) is 11.8 Å². The van der Waals surface area contributed by atoms with Gasteiger partial charge >= 0.3 is 0 Å². The predicted molar refractivity (Wildman–Crippen MR) is 196 cm³/mol. The number of carbonyl (C=O) groups is 1. The molecule has 4 aromatic rings. The van der Waals surface area contributed by atoms with Crippen LogP contribution in [0, 0.1) is 0 Å². The minimum Gasteiger partial charge on any atom is -0.507 e. The molecule has 0 bridgehead atoms. The van der Waals surface area contributed by atoms with Gasteiger partial charge in [0.25, 0.3) is 0 Å². The first-order chi connectivity index (χ1) is 22.4. The van der Waals surface area contributed by atoms with E-state index in [4.69, 9.17) is 19.0 Å². The van der Waals surface area contributed by atoms with E-state index < -0.39 is 0 Å². The molecule has 0 radical (unpaired) electrons. The van der Waals surface area contributed by atoms with E-state index in [2.05, 4.69) is 74.2 Å². The zero-order chi connectivity index (χ0) is 32.3. The van der Waals surface area contributed by atoms with Crippen molar-refractivity contribution in [2.24, 2.45) is 0 Å². The van der Waals surface area contributed by atoms with Gasteiger partial charge in [0.05, 0.1) is 28.0 Å². The highest BCUT2D eigenvalue weighted by molar-refractivity contribution is 9.10. The Bertz CT molecular complexity index is 1560. The van der Waals surface area contributed by atoms with E-state index >= 15 is 0 Å². The van der Waals surface area contributed by atoms with Gasteiger partial charge in [0.1, 0.15) is 30.2 Å². The second-order valence-electron chi connectivity index (χ2n) is 12.0. The van der Waals surface area contributed by atoms with Crippen LogP contribution in [0.3, 0.4) is 0 Å². The molecule has 1 saturated heterocycles. The summed E-state index contributed by atoms with van der Waals surface area (Å²) < 4.78 is 19.0. The summed E-state index contributed by atoms with van der Waals surface area (Å²) in [6.07, 6.45) is 15.4. The molecule has 0 spiro atoms. The largest absolute Gasteiger partial charge is 0.507 e. The molecule has 12 heteroatoms. The van der Waals surface area contributed by atoms with Crippen LogP contribution in [-0.4, -0.2) is 63.8 Å². The molecular weight excluding hydrogens is 719 g/mol. The Morgan fingerprint density at radius 3 is 2.38 bits per heavy atom. The summed E-state index contributed by atoms with van der Waals surface area (Å²) in [5.41, 5.74) is 4.52. The van der Waals surface area contributed by atoms with Gasteiger partial charge in [-0.2, -0.15) is 5.10 Å². The van der Waals surface area contributed by atoms with E-state index in [-0.39, 0.29) is 42.8 Å². The van der Waals surface area contributed by atoms with Crippen LogP contribution in [0.1, 0.15) is 80.8 Å². The van der Waals surface area contributed by atoms with Crippen molar-refractivity contribution in [2.45, 2.75) is 83.3 Å². The van der Waals surface area contributed by atoms with Crippen molar-refractivity contribution in [2.75, 3.05) is 20.1 Å². The highest BCUT2D eigenvalue weighted by Crippen LogP contribution is 2.37. The second kappa shape index (κ2) is 19.7. The van der Waals surface area contributed by atoms with Gasteiger partial charge in [-0.05, 0) is 110 Å². The molecule has 6 rings (SSSR count). The Balaban J connectivity index is 0.000000450. The summed E-state index contributed by atoms with van der Waals surface area (Å²) in [5.74, 6) is 2.14. The van der Waals surface area contributed by atoms with Crippen LogP contribution in [0.2, 0.25) is 0 Å². The number of aldehydes is 1. The lowest BCUT2D eigenvalue weighted by Gasteiger charge is -2.29. The fraction of sp³-hybridized carbons (Fsp3) is 0.444. The Labute approximate surface area is 303 Å². The molecule has 1 aliphatic heterocycles. The molecule has 1 aliphatic carbocycles. The lowest BCUT2D eigenvalue weighted by molar-refractivity contribution is 0.109. The number of aromatic nitrogens is 3. The van der Waals surface area contributed by atoms with Crippen molar-refractivity contribution in [1.82, 2.24) is 20.1 Å². The standard InChI is InChI=1S/C29H38N4O3.C7H5BrO2.2ClH/c1-3-4-10-26-24(20-28(32-31-26)36-23-13-16-33(2)17-14-23)21-11-12-27(35-22-8-6-5-7-9-22)25(19-21)29-30-15-18-34-29;8-6-3-5(4-9)1-2-7(6)10;;/h11-12,15,18-20,22-23H,3-10,13-14,16-17H2,1-2H3;1-4,10H;2*1H. The van der Waals surface area contributed by atoms with Crippen LogP contribution < -0.4 is 9.47 Å². The molecule has 0 unspecified atom stereocenters. The number of hydrogen-bond acceptors (Lipinski definition) is 9. The number of ether oxygens (including phenoxy) is 2. The molecular formula is C36H45BrCl2N4O5. The SMILES string of the molecule is CCCCc1nnc(OC2CCN(C)CC2)cc1-c1ccc(OC2CCCCC2)c(-c2ncco2)c1.Cl.Cl.O=Cc1ccc(O)c(Br)c1. The summed E-state index contributed by atoms with van der Waals surface area (Å²) in [5, 5.41) is 18.1. The van der Waals surface area contributed by atoms with Crippen LogP contribution >= 0.6 is 40.7 Å². The van der Waals surface area contributed by atoms with Gasteiger partial charge in [-0.25, -0.2) is 4.98 Å². The highest BCUT2D eigenvalue weighted by Gasteiger charge is 2.22. The molecule has 2 aromatic carbocycles. The number of piperidine rings is 1. The average molecular weight is 765 g/mol. The molecule has 1 saturated carbocycles. The maximum absolute atomic E-state index is 10.2. The normalized spacial score (nSPS) is 15.3. The number of carbonyl (C=O) groups excluding carboxylic acids is 1. The van der Waals surface area contributed by atoms with Gasteiger partial charge in [-0.1, -0.05) is 25.8 Å². The molecule has 0 amide bonds. The van der Waals surface area contributed by atoms with Crippen molar-refractivity contribution in [3.63, 3.8) is 0 Å². The lowest BCUT2D eigenvalue weighted by Crippen LogP contribution is -2.35. The molecule has 3 heterocycles. The Morgan fingerprint density at radius 2 is 1.71 bits per heavy atom. The van der Waals surface area contributed by atoms with Crippen LogP contribution in [0.4, 0.5) is 0 Å². The van der Waals surface area contributed by atoms with Crippen LogP contribution in [0.5, 0.6) is 17.4 Å². The van der Waals surface area contributed by atoms with Gasteiger partial charge in [-0.15, -0.1) is 29.9 Å². The van der Waals surface area contributed by atoms with E-state index in [9.17, 15) is 4.79 Å². The van der Waals surface area contributed by atoms with Crippen molar-refractivity contribution >= 4 is 47.0 Å². The number of phenolic OH excluding ortho intramolecular Hbond substituents is 1. The zero-order valence-corrected chi connectivity index (χ0v) is 30.7. The van der Waals surface area contributed by atoms with Crippen molar-refractivity contribution < 1.29 is 23.8 Å². The Hall–Kier alpha value is -3.18. The number of rotatable bonds is 10. The number of halogens is 3. The van der Waals surface area contributed by atoms with Gasteiger partial charge in [-0.3, -0.25) is 4.79 Å². The second-order valence-corrected chi connectivity index (χ2v) is 12.9. The Morgan fingerprint density at radius 1 is 0.958 bits per heavy atom. The van der Waals surface area contributed by atoms with E-state index in [1.54, 1.807) is 24.6 Å². The van der Waals surface area contributed by atoms with Crippen molar-refractivity contribution in [3.8, 4) is 40.0 Å². The van der Waals surface area contributed by atoms with Gasteiger partial charge < -0.3 is 23.9 Å². The van der Waals surface area contributed by atoms with Crippen molar-refractivity contribution in [3.05, 3.63) is 70.7 Å². The third-order valence-corrected chi connectivity index (χ3v) is 9.11. The maximum Gasteiger partial charge on any atom is 0.234 e. The number of oxazole rings is 1. The molecule has 1 N–H and O–H groups in total. The average Bonchev–Trinajstić information content (AvgIpc) is 3.63. The number of likely N-dealkylation sites (tertiary alicyclic amines) is 1. The number of phenols is 1. The predicted octanol–water partition coefficient (Wildman–Crippen LogP) is 9.14. The molecule has 2 aliphatic rings. The Kier molecular flexibility index (Phi) is 16.1. The lowest BCUT2D eigenvalue weighted by atomic mass is 9.97. The number of benzene rings is 2. The number of aryl methyl sites for hydroxylation is 1. The minimum atomic E-state index is 0. The first-order valence-electron chi connectivity index (χ1n) is 16.3. The summed E-state index contributed by atoms with van der Waals surface area (Å²) >= 11 is 3.08. The molecule has 2 fully saturated rings. The van der Waals surface area contributed by atoms with Crippen molar-refractivity contribution in [1.29, 1.82) is 0 Å². The highest BCUT2D eigenvalue weighted by atomic mass is 79.9. The summed E-state index contributed by atoms with van der Waals surface area (Å²) in [4.78, 5) is 17.0. The molecule has 2 aromatic heterocycles. The maximum atomic E-state index is 10.2.